The molecule has 1 aliphatic carbocycles. The molecule has 1 aliphatic heterocycles. The first kappa shape index (κ1) is 23.6. The number of carbonyl (C=O) groups excluding carboxylic acids is 2. The van der Waals surface area contributed by atoms with E-state index in [0.29, 0.717) is 12.8 Å². The van der Waals surface area contributed by atoms with E-state index in [9.17, 15) is 14.7 Å². The monoisotopic (exact) mass is 404 g/mol. The molecular formula is C24H36O5. The van der Waals surface area contributed by atoms with Crippen LogP contribution >= 0.6 is 0 Å². The van der Waals surface area contributed by atoms with Crippen LogP contribution in [0, 0.1) is 11.8 Å². The third-order valence-electron chi connectivity index (χ3n) is 5.38. The maximum absolute atomic E-state index is 13.4. The summed E-state index contributed by atoms with van der Waals surface area (Å²) in [6, 6.07) is 0. The van der Waals surface area contributed by atoms with Crippen LogP contribution in [0.5, 0.6) is 0 Å². The van der Waals surface area contributed by atoms with E-state index in [0.717, 1.165) is 11.1 Å². The maximum Gasteiger partial charge on any atom is 0.176 e. The highest BCUT2D eigenvalue weighted by molar-refractivity contribution is 6.23. The van der Waals surface area contributed by atoms with E-state index in [1.165, 1.54) is 0 Å². The fourth-order valence-corrected chi connectivity index (χ4v) is 4.21. The molecular weight excluding hydrogens is 368 g/mol. The Kier molecular flexibility index (Phi) is 6.96. The zero-order chi connectivity index (χ0) is 22.1. The number of hydrogen-bond donors (Lipinski definition) is 1. The molecule has 0 saturated carbocycles. The van der Waals surface area contributed by atoms with Crippen molar-refractivity contribution in [2.75, 3.05) is 0 Å². The van der Waals surface area contributed by atoms with E-state index in [1.54, 1.807) is 13.8 Å². The Hall–Kier alpha value is -1.72. The highest BCUT2D eigenvalue weighted by atomic mass is 16.8. The van der Waals surface area contributed by atoms with Gasteiger partial charge in [-0.15, -0.1) is 0 Å². The molecule has 162 valence electrons. The fraction of sp³-hybridized carbons (Fsp3) is 0.667. The van der Waals surface area contributed by atoms with Crippen molar-refractivity contribution in [2.45, 2.75) is 92.1 Å². The van der Waals surface area contributed by atoms with Crippen LogP contribution in [-0.4, -0.2) is 34.2 Å². The van der Waals surface area contributed by atoms with Gasteiger partial charge in [-0.05, 0) is 60.3 Å². The van der Waals surface area contributed by atoms with Crippen molar-refractivity contribution in [1.29, 1.82) is 0 Å². The SMILES string of the molecule is CC(C)=CC[C@@H]1OC(C)(C)O[C@]12C(O)=C(C(=O)CC(C)C)C(=O)[C@H]2CC=C(C)C. The van der Waals surface area contributed by atoms with E-state index in [4.69, 9.17) is 9.47 Å². The third kappa shape index (κ3) is 4.72. The molecule has 5 heteroatoms. The van der Waals surface area contributed by atoms with Crippen LogP contribution in [0.4, 0.5) is 0 Å². The lowest BCUT2D eigenvalue weighted by Crippen LogP contribution is -2.48. The number of aliphatic hydroxyl groups excluding tert-OH is 1. The second-order valence-electron chi connectivity index (χ2n) is 9.60. The standard InChI is InChI=1S/C24H36O5/c1-14(2)9-11-17-21(26)20(18(25)13-16(5)6)22(27)24(17)19(12-10-15(3)4)28-23(7,8)29-24/h9-10,16-17,19,27H,11-13H2,1-8H3/t17-,19+,24+/m1/s1. The first-order chi connectivity index (χ1) is 13.3. The number of ketones is 2. The van der Waals surface area contributed by atoms with Gasteiger partial charge in [-0.3, -0.25) is 9.59 Å². The highest BCUT2D eigenvalue weighted by Gasteiger charge is 2.66. The van der Waals surface area contributed by atoms with Gasteiger partial charge in [-0.1, -0.05) is 37.1 Å². The summed E-state index contributed by atoms with van der Waals surface area (Å²) in [5.74, 6) is -2.50. The van der Waals surface area contributed by atoms with E-state index < -0.39 is 23.4 Å². The first-order valence-corrected chi connectivity index (χ1v) is 10.5. The average molecular weight is 405 g/mol. The van der Waals surface area contributed by atoms with Crippen molar-refractivity contribution in [3.63, 3.8) is 0 Å². The van der Waals surface area contributed by atoms with Crippen LogP contribution in [0.25, 0.3) is 0 Å². The molecule has 1 saturated heterocycles. The molecule has 29 heavy (non-hydrogen) atoms. The summed E-state index contributed by atoms with van der Waals surface area (Å²) >= 11 is 0. The van der Waals surface area contributed by atoms with Crippen molar-refractivity contribution in [3.8, 4) is 0 Å². The topological polar surface area (TPSA) is 72.8 Å². The summed E-state index contributed by atoms with van der Waals surface area (Å²) in [6.45, 7) is 15.3. The Bertz CT molecular complexity index is 760. The first-order valence-electron chi connectivity index (χ1n) is 10.5. The van der Waals surface area contributed by atoms with Crippen molar-refractivity contribution < 1.29 is 24.2 Å². The Morgan fingerprint density at radius 3 is 2.17 bits per heavy atom. The van der Waals surface area contributed by atoms with E-state index in [2.05, 4.69) is 0 Å². The van der Waals surface area contributed by atoms with Gasteiger partial charge in [0.05, 0.1) is 5.92 Å². The number of carbonyl (C=O) groups is 2. The van der Waals surface area contributed by atoms with Gasteiger partial charge >= 0.3 is 0 Å². The van der Waals surface area contributed by atoms with Gasteiger partial charge in [-0.25, -0.2) is 0 Å². The lowest BCUT2D eigenvalue weighted by atomic mass is 9.80. The van der Waals surface area contributed by atoms with Crippen molar-refractivity contribution in [2.24, 2.45) is 11.8 Å². The summed E-state index contributed by atoms with van der Waals surface area (Å²) in [5, 5.41) is 11.3. The predicted octanol–water partition coefficient (Wildman–Crippen LogP) is 5.22. The lowest BCUT2D eigenvalue weighted by Gasteiger charge is -2.33. The molecule has 0 aromatic rings. The molecule has 0 unspecified atom stereocenters. The predicted molar refractivity (Wildman–Crippen MR) is 113 cm³/mol. The normalized spacial score (nSPS) is 28.4. The summed E-state index contributed by atoms with van der Waals surface area (Å²) in [5.41, 5.74) is 0.724. The van der Waals surface area contributed by atoms with Gasteiger partial charge in [0.25, 0.3) is 0 Å². The third-order valence-corrected chi connectivity index (χ3v) is 5.38. The highest BCUT2D eigenvalue weighted by Crippen LogP contribution is 2.53. The molecule has 2 rings (SSSR count). The molecule has 2 aliphatic rings. The quantitative estimate of drug-likeness (QED) is 0.465. The molecule has 5 nitrogen and oxygen atoms in total. The van der Waals surface area contributed by atoms with Gasteiger partial charge < -0.3 is 14.6 Å². The van der Waals surface area contributed by atoms with Gasteiger partial charge in [0.2, 0.25) is 0 Å². The van der Waals surface area contributed by atoms with Crippen LogP contribution in [0.3, 0.4) is 0 Å². The molecule has 0 amide bonds. The van der Waals surface area contributed by atoms with Gasteiger partial charge in [-0.2, -0.15) is 0 Å². The zero-order valence-corrected chi connectivity index (χ0v) is 19.1. The maximum atomic E-state index is 13.4. The van der Waals surface area contributed by atoms with E-state index in [-0.39, 0.29) is 35.2 Å². The summed E-state index contributed by atoms with van der Waals surface area (Å²) in [7, 11) is 0. The molecule has 0 radical (unpaired) electrons. The largest absolute Gasteiger partial charge is 0.508 e. The number of Topliss-reactive ketones (excluding diaryl/α,β-unsaturated/α-hetero) is 2. The van der Waals surface area contributed by atoms with Crippen molar-refractivity contribution in [1.82, 2.24) is 0 Å². The molecule has 0 aromatic carbocycles. The molecule has 0 aromatic heterocycles. The van der Waals surface area contributed by atoms with Crippen LogP contribution in [0.15, 0.2) is 34.6 Å². The Morgan fingerprint density at radius 1 is 1.10 bits per heavy atom. The Balaban J connectivity index is 2.63. The van der Waals surface area contributed by atoms with Crippen LogP contribution < -0.4 is 0 Å². The second-order valence-corrected chi connectivity index (χ2v) is 9.60. The van der Waals surface area contributed by atoms with Gasteiger partial charge in [0, 0.05) is 6.42 Å². The minimum atomic E-state index is -1.35. The van der Waals surface area contributed by atoms with Crippen LogP contribution in [0.1, 0.15) is 74.7 Å². The molecule has 0 bridgehead atoms. The molecule has 1 N–H and O–H groups in total. The number of aliphatic hydroxyl groups is 1. The van der Waals surface area contributed by atoms with Crippen LogP contribution in [0.2, 0.25) is 0 Å². The van der Waals surface area contributed by atoms with E-state index >= 15 is 0 Å². The Morgan fingerprint density at radius 2 is 1.66 bits per heavy atom. The molecule has 1 heterocycles. The average Bonchev–Trinajstić information content (AvgIpc) is 2.94. The minimum absolute atomic E-state index is 0.0852. The minimum Gasteiger partial charge on any atom is -0.508 e. The smallest absolute Gasteiger partial charge is 0.176 e. The number of allylic oxidation sites excluding steroid dienone is 4. The Labute approximate surface area is 174 Å². The van der Waals surface area contributed by atoms with Crippen molar-refractivity contribution in [3.05, 3.63) is 34.6 Å². The molecule has 1 spiro atoms. The molecule has 1 fully saturated rings. The van der Waals surface area contributed by atoms with E-state index in [1.807, 2.05) is 53.7 Å². The molecule has 3 atom stereocenters. The second kappa shape index (κ2) is 8.57. The summed E-state index contributed by atoms with van der Waals surface area (Å²) < 4.78 is 12.5. The lowest BCUT2D eigenvalue weighted by molar-refractivity contribution is -0.169. The number of hydrogen-bond acceptors (Lipinski definition) is 5. The summed E-state index contributed by atoms with van der Waals surface area (Å²) in [6.07, 6.45) is 4.49. The zero-order valence-electron chi connectivity index (χ0n) is 19.1. The van der Waals surface area contributed by atoms with Gasteiger partial charge in [0.15, 0.2) is 23.0 Å². The van der Waals surface area contributed by atoms with Crippen LogP contribution in [-0.2, 0) is 19.1 Å². The van der Waals surface area contributed by atoms with Gasteiger partial charge in [0.1, 0.15) is 17.4 Å². The number of rotatable bonds is 7. The number of ether oxygens (including phenoxy) is 2. The van der Waals surface area contributed by atoms with Crippen molar-refractivity contribution >= 4 is 11.6 Å². The summed E-state index contributed by atoms with van der Waals surface area (Å²) in [4.78, 5) is 26.3. The fourth-order valence-electron chi connectivity index (χ4n) is 4.21.